The van der Waals surface area contributed by atoms with Crippen LogP contribution in [0.25, 0.3) is 16.9 Å². The average Bonchev–Trinajstić information content (AvgIpc) is 3.64. The fourth-order valence-electron chi connectivity index (χ4n) is 4.87. The number of hydrogen-bond donors (Lipinski definition) is 2. The first-order valence-electron chi connectivity index (χ1n) is 12.9. The van der Waals surface area contributed by atoms with E-state index < -0.39 is 6.10 Å². The molecule has 2 aromatic heterocycles. The monoisotopic (exact) mass is 495 g/mol. The van der Waals surface area contributed by atoms with Crippen molar-refractivity contribution in [2.75, 3.05) is 38.4 Å². The van der Waals surface area contributed by atoms with Crippen LogP contribution in [0.1, 0.15) is 51.0 Å². The summed E-state index contributed by atoms with van der Waals surface area (Å²) in [6, 6.07) is 8.79. The summed E-state index contributed by atoms with van der Waals surface area (Å²) in [5, 5.41) is 14.7. The van der Waals surface area contributed by atoms with Crippen molar-refractivity contribution in [3.8, 4) is 22.8 Å². The highest BCUT2D eigenvalue weighted by molar-refractivity contribution is 5.71. The Morgan fingerprint density at radius 2 is 1.83 bits per heavy atom. The lowest BCUT2D eigenvalue weighted by Crippen LogP contribution is -2.42. The average molecular weight is 496 g/mol. The van der Waals surface area contributed by atoms with E-state index in [1.54, 1.807) is 7.11 Å². The maximum absolute atomic E-state index is 9.87. The molecule has 1 aliphatic carbocycles. The molecule has 1 unspecified atom stereocenters. The normalized spacial score (nSPS) is 17.5. The van der Waals surface area contributed by atoms with Crippen LogP contribution in [0.5, 0.6) is 11.5 Å². The van der Waals surface area contributed by atoms with Crippen molar-refractivity contribution in [3.63, 3.8) is 0 Å². The van der Waals surface area contributed by atoms with E-state index in [9.17, 15) is 5.11 Å². The molecule has 0 spiro atoms. The van der Waals surface area contributed by atoms with Gasteiger partial charge in [-0.15, -0.1) is 0 Å². The first-order valence-corrected chi connectivity index (χ1v) is 12.9. The molecule has 0 amide bonds. The van der Waals surface area contributed by atoms with Crippen LogP contribution in [0.3, 0.4) is 0 Å². The first-order chi connectivity index (χ1) is 17.5. The van der Waals surface area contributed by atoms with E-state index >= 15 is 0 Å². The predicted octanol–water partition coefficient (Wildman–Crippen LogP) is 3.37. The lowest BCUT2D eigenvalue weighted by molar-refractivity contribution is 0.0838. The van der Waals surface area contributed by atoms with Crippen LogP contribution >= 0.6 is 0 Å². The number of methoxy groups -OCH3 is 1. The number of ether oxygens (including phenoxy) is 3. The number of hydrogen-bond acceptors (Lipinski definition) is 8. The molecular weight excluding hydrogens is 458 g/mol. The Balaban J connectivity index is 1.63. The number of nitrogens with two attached hydrogens (primary N) is 1. The van der Waals surface area contributed by atoms with Gasteiger partial charge in [0.15, 0.2) is 5.65 Å². The Labute approximate surface area is 212 Å². The zero-order valence-corrected chi connectivity index (χ0v) is 21.4. The molecule has 0 bridgehead atoms. The molecule has 9 nitrogen and oxygen atoms in total. The molecule has 1 saturated carbocycles. The number of aromatic nitrogens is 3. The summed E-state index contributed by atoms with van der Waals surface area (Å²) >= 11 is 0. The van der Waals surface area contributed by atoms with Crippen molar-refractivity contribution in [3.05, 3.63) is 36.0 Å². The SMILES string of the molecule is COc1cc(OCC(O)CN)cc(-c2cc(N(C3CCOCC3)C3CC3)n3ncc(C(C)C)c3n2)c1. The summed E-state index contributed by atoms with van der Waals surface area (Å²) in [6.07, 6.45) is 5.62. The summed E-state index contributed by atoms with van der Waals surface area (Å²) < 4.78 is 19.1. The summed E-state index contributed by atoms with van der Waals surface area (Å²) in [4.78, 5) is 7.65. The second-order valence-corrected chi connectivity index (χ2v) is 10.1. The van der Waals surface area contributed by atoms with Gasteiger partial charge in [-0.1, -0.05) is 13.8 Å². The maximum Gasteiger partial charge on any atom is 0.161 e. The minimum atomic E-state index is -0.729. The van der Waals surface area contributed by atoms with Gasteiger partial charge >= 0.3 is 0 Å². The molecule has 0 radical (unpaired) electrons. The zero-order valence-electron chi connectivity index (χ0n) is 21.4. The number of fused-ring (bicyclic) bond motifs is 1. The quantitative estimate of drug-likeness (QED) is 0.441. The molecule has 194 valence electrons. The number of aliphatic hydroxyl groups excluding tert-OH is 1. The molecule has 2 aliphatic rings. The van der Waals surface area contributed by atoms with E-state index in [0.717, 1.165) is 54.3 Å². The second kappa shape index (κ2) is 10.6. The van der Waals surface area contributed by atoms with Crippen LogP contribution < -0.4 is 20.1 Å². The van der Waals surface area contributed by atoms with Gasteiger partial charge < -0.3 is 30.0 Å². The number of nitrogens with zero attached hydrogens (tertiary/aromatic N) is 4. The molecule has 1 atom stereocenters. The highest BCUT2D eigenvalue weighted by Crippen LogP contribution is 2.39. The van der Waals surface area contributed by atoms with E-state index in [1.807, 2.05) is 28.9 Å². The predicted molar refractivity (Wildman–Crippen MR) is 139 cm³/mol. The third kappa shape index (κ3) is 5.14. The molecule has 3 N–H and O–H groups in total. The molecule has 3 aromatic rings. The van der Waals surface area contributed by atoms with Crippen molar-refractivity contribution in [2.24, 2.45) is 5.73 Å². The van der Waals surface area contributed by atoms with Crippen LogP contribution in [0.4, 0.5) is 5.82 Å². The minimum absolute atomic E-state index is 0.111. The van der Waals surface area contributed by atoms with Crippen molar-refractivity contribution < 1.29 is 19.3 Å². The largest absolute Gasteiger partial charge is 0.497 e. The molecule has 1 aromatic carbocycles. The number of aliphatic hydroxyl groups is 1. The smallest absolute Gasteiger partial charge is 0.161 e. The van der Waals surface area contributed by atoms with E-state index in [1.165, 1.54) is 12.8 Å². The molecule has 1 aliphatic heterocycles. The summed E-state index contributed by atoms with van der Waals surface area (Å²) in [6.45, 7) is 6.17. The standard InChI is InChI=1S/C27H37N5O4/c1-17(2)24-15-29-32-26(31(19-4-5-19)20-6-8-35-9-7-20)13-25(30-27(24)32)18-10-22(34-3)12-23(11-18)36-16-21(33)14-28/h10-13,15,17,19-21,33H,4-9,14,16,28H2,1-3H3. The van der Waals surface area contributed by atoms with Crippen molar-refractivity contribution in [1.82, 2.24) is 14.6 Å². The van der Waals surface area contributed by atoms with Gasteiger partial charge in [-0.05, 0) is 43.7 Å². The number of rotatable bonds is 10. The van der Waals surface area contributed by atoms with E-state index in [4.69, 9.17) is 30.0 Å². The van der Waals surface area contributed by atoms with Crippen molar-refractivity contribution >= 4 is 11.5 Å². The van der Waals surface area contributed by atoms with Crippen molar-refractivity contribution in [2.45, 2.75) is 63.6 Å². The van der Waals surface area contributed by atoms with Gasteiger partial charge in [0.25, 0.3) is 0 Å². The topological polar surface area (TPSA) is 107 Å². The van der Waals surface area contributed by atoms with Crippen LogP contribution in [0.2, 0.25) is 0 Å². The number of benzene rings is 1. The second-order valence-electron chi connectivity index (χ2n) is 10.1. The molecular formula is C27H37N5O4. The first kappa shape index (κ1) is 24.8. The Bertz CT molecular complexity index is 1190. The van der Waals surface area contributed by atoms with E-state index in [0.29, 0.717) is 23.6 Å². The van der Waals surface area contributed by atoms with Crippen LogP contribution in [-0.4, -0.2) is 71.4 Å². The van der Waals surface area contributed by atoms with Gasteiger partial charge in [-0.3, -0.25) is 0 Å². The molecule has 2 fully saturated rings. The molecule has 36 heavy (non-hydrogen) atoms. The van der Waals surface area contributed by atoms with Gasteiger partial charge in [-0.25, -0.2) is 4.98 Å². The lowest BCUT2D eigenvalue weighted by atomic mass is 10.1. The lowest BCUT2D eigenvalue weighted by Gasteiger charge is -2.36. The minimum Gasteiger partial charge on any atom is -0.497 e. The maximum atomic E-state index is 9.87. The van der Waals surface area contributed by atoms with Gasteiger partial charge in [0, 0.05) is 55.1 Å². The van der Waals surface area contributed by atoms with E-state index in [-0.39, 0.29) is 19.1 Å². The molecule has 3 heterocycles. The summed E-state index contributed by atoms with van der Waals surface area (Å²) in [7, 11) is 1.63. The fraction of sp³-hybridized carbons (Fsp3) is 0.556. The van der Waals surface area contributed by atoms with Gasteiger partial charge in [-0.2, -0.15) is 9.61 Å². The molecule has 1 saturated heterocycles. The highest BCUT2D eigenvalue weighted by atomic mass is 16.5. The molecule has 5 rings (SSSR count). The van der Waals surface area contributed by atoms with Crippen LogP contribution in [0, 0.1) is 0 Å². The third-order valence-corrected chi connectivity index (χ3v) is 7.02. The van der Waals surface area contributed by atoms with E-state index in [2.05, 4.69) is 24.8 Å². The molecule has 9 heteroatoms. The van der Waals surface area contributed by atoms with Gasteiger partial charge in [0.05, 0.1) is 19.0 Å². The Hall–Kier alpha value is -2.88. The van der Waals surface area contributed by atoms with Gasteiger partial charge in [0.2, 0.25) is 0 Å². The zero-order chi connectivity index (χ0) is 25.2. The Morgan fingerprint density at radius 1 is 1.11 bits per heavy atom. The Morgan fingerprint density at radius 3 is 2.50 bits per heavy atom. The summed E-state index contributed by atoms with van der Waals surface area (Å²) in [5.74, 6) is 2.62. The van der Waals surface area contributed by atoms with Gasteiger partial charge in [0.1, 0.15) is 30.0 Å². The Kier molecular flexibility index (Phi) is 7.32. The highest BCUT2D eigenvalue weighted by Gasteiger charge is 2.37. The summed E-state index contributed by atoms with van der Waals surface area (Å²) in [5.41, 5.74) is 9.25. The van der Waals surface area contributed by atoms with Crippen LogP contribution in [0.15, 0.2) is 30.5 Å². The van der Waals surface area contributed by atoms with Crippen molar-refractivity contribution in [1.29, 1.82) is 0 Å². The fourth-order valence-corrected chi connectivity index (χ4v) is 4.87. The van der Waals surface area contributed by atoms with Crippen LogP contribution in [-0.2, 0) is 4.74 Å². The third-order valence-electron chi connectivity index (χ3n) is 7.02. The number of anilines is 1.